The summed E-state index contributed by atoms with van der Waals surface area (Å²) < 4.78 is 5.17. The molecule has 0 aromatic heterocycles. The van der Waals surface area contributed by atoms with Crippen LogP contribution in [0.3, 0.4) is 0 Å². The van der Waals surface area contributed by atoms with E-state index in [9.17, 15) is 14.9 Å². The molecule has 1 aliphatic carbocycles. The molecule has 26 heavy (non-hydrogen) atoms. The van der Waals surface area contributed by atoms with E-state index < -0.39 is 5.41 Å². The van der Waals surface area contributed by atoms with E-state index >= 15 is 0 Å². The number of methoxy groups -OCH3 is 1. The lowest BCUT2D eigenvalue weighted by molar-refractivity contribution is -0.135. The van der Waals surface area contributed by atoms with E-state index in [2.05, 4.69) is 0 Å². The standard InChI is InChI=1S/C21H24N2O3/c1-15-16-8-9-23(10-11-26-2)20(25)21(12-16,13-17(14-22)19(15)24)18-6-4-3-5-7-18/h3-7,13,15-16H,8-12H2,1-2H3/t15-,16-,21+/m1/s1. The first-order valence-electron chi connectivity index (χ1n) is 9.04. The molecule has 1 aromatic rings. The van der Waals surface area contributed by atoms with Gasteiger partial charge in [-0.1, -0.05) is 37.3 Å². The molecule has 3 rings (SSSR count). The van der Waals surface area contributed by atoms with Crippen LogP contribution in [0.1, 0.15) is 25.3 Å². The van der Waals surface area contributed by atoms with Gasteiger partial charge in [-0.15, -0.1) is 0 Å². The van der Waals surface area contributed by atoms with Crippen molar-refractivity contribution in [1.29, 1.82) is 5.26 Å². The Balaban J connectivity index is 2.19. The molecule has 1 amide bonds. The largest absolute Gasteiger partial charge is 0.383 e. The number of amides is 1. The molecule has 1 heterocycles. The van der Waals surface area contributed by atoms with E-state index in [4.69, 9.17) is 4.74 Å². The van der Waals surface area contributed by atoms with Crippen LogP contribution in [-0.4, -0.2) is 43.4 Å². The number of nitriles is 1. The molecule has 0 spiro atoms. The first-order chi connectivity index (χ1) is 12.5. The molecule has 0 unspecified atom stereocenters. The van der Waals surface area contributed by atoms with E-state index in [-0.39, 0.29) is 29.1 Å². The first-order valence-corrected chi connectivity index (χ1v) is 9.04. The summed E-state index contributed by atoms with van der Waals surface area (Å²) >= 11 is 0. The topological polar surface area (TPSA) is 70.4 Å². The van der Waals surface area contributed by atoms with Gasteiger partial charge < -0.3 is 9.64 Å². The lowest BCUT2D eigenvalue weighted by atomic mass is 9.72. The minimum atomic E-state index is -0.971. The van der Waals surface area contributed by atoms with Crippen molar-refractivity contribution in [2.75, 3.05) is 26.8 Å². The third-order valence-electron chi connectivity index (χ3n) is 5.77. The van der Waals surface area contributed by atoms with Gasteiger partial charge in [-0.25, -0.2) is 0 Å². The number of carbonyl (C=O) groups is 2. The minimum Gasteiger partial charge on any atom is -0.383 e. The van der Waals surface area contributed by atoms with Gasteiger partial charge in [0.1, 0.15) is 6.07 Å². The van der Waals surface area contributed by atoms with Gasteiger partial charge in [-0.3, -0.25) is 9.59 Å². The highest BCUT2D eigenvalue weighted by molar-refractivity contribution is 6.03. The van der Waals surface area contributed by atoms with E-state index in [0.29, 0.717) is 26.1 Å². The lowest BCUT2D eigenvalue weighted by Crippen LogP contribution is -2.46. The second-order valence-electron chi connectivity index (χ2n) is 7.20. The Kier molecular flexibility index (Phi) is 5.24. The number of hydrogen-bond donors (Lipinski definition) is 0. The molecular weight excluding hydrogens is 328 g/mol. The number of benzene rings is 1. The van der Waals surface area contributed by atoms with Crippen molar-refractivity contribution in [3.8, 4) is 6.07 Å². The Labute approximate surface area is 154 Å². The van der Waals surface area contributed by atoms with E-state index in [1.807, 2.05) is 48.2 Å². The van der Waals surface area contributed by atoms with Crippen LogP contribution in [0.15, 0.2) is 42.0 Å². The maximum atomic E-state index is 13.6. The number of fused-ring (bicyclic) bond motifs is 2. The van der Waals surface area contributed by atoms with Crippen molar-refractivity contribution >= 4 is 11.7 Å². The minimum absolute atomic E-state index is 0.0436. The molecule has 136 valence electrons. The number of Topliss-reactive ketones (excluding diaryl/α,β-unsaturated/α-hetero) is 1. The highest BCUT2D eigenvalue weighted by Crippen LogP contribution is 2.44. The summed E-state index contributed by atoms with van der Waals surface area (Å²) in [6.07, 6.45) is 2.94. The Hall–Kier alpha value is -2.45. The first kappa shape index (κ1) is 18.3. The van der Waals surface area contributed by atoms with Gasteiger partial charge >= 0.3 is 0 Å². The molecule has 1 aliphatic heterocycles. The van der Waals surface area contributed by atoms with Gasteiger partial charge in [-0.2, -0.15) is 5.26 Å². The van der Waals surface area contributed by atoms with Crippen LogP contribution in [0.4, 0.5) is 0 Å². The third-order valence-corrected chi connectivity index (χ3v) is 5.77. The number of carbonyl (C=O) groups excluding carboxylic acids is 2. The zero-order valence-electron chi connectivity index (χ0n) is 15.3. The van der Waals surface area contributed by atoms with Crippen LogP contribution in [0.5, 0.6) is 0 Å². The second kappa shape index (κ2) is 7.43. The lowest BCUT2D eigenvalue weighted by Gasteiger charge is -2.33. The second-order valence-corrected chi connectivity index (χ2v) is 7.20. The number of ether oxygens (including phenoxy) is 1. The van der Waals surface area contributed by atoms with E-state index in [0.717, 1.165) is 12.0 Å². The smallest absolute Gasteiger partial charge is 0.237 e. The summed E-state index contributed by atoms with van der Waals surface area (Å²) in [5, 5.41) is 9.57. The summed E-state index contributed by atoms with van der Waals surface area (Å²) in [6.45, 7) is 3.46. The Morgan fingerprint density at radius 1 is 1.31 bits per heavy atom. The Morgan fingerprint density at radius 2 is 2.04 bits per heavy atom. The SMILES string of the molecule is COCCN1CC[C@@H]2C[C@@](c3ccccc3)(C=C(C#N)C(=O)[C@@H]2C)C1=O. The number of ketones is 1. The van der Waals surface area contributed by atoms with Crippen molar-refractivity contribution in [1.82, 2.24) is 4.90 Å². The van der Waals surface area contributed by atoms with Crippen molar-refractivity contribution in [2.24, 2.45) is 11.8 Å². The molecule has 2 aliphatic rings. The maximum absolute atomic E-state index is 13.6. The number of hydrogen-bond acceptors (Lipinski definition) is 4. The fourth-order valence-electron chi connectivity index (χ4n) is 4.20. The summed E-state index contributed by atoms with van der Waals surface area (Å²) in [6, 6.07) is 11.6. The molecule has 5 nitrogen and oxygen atoms in total. The number of allylic oxidation sites excluding steroid dienone is 1. The molecule has 0 radical (unpaired) electrons. The zero-order chi connectivity index (χ0) is 18.7. The summed E-state index contributed by atoms with van der Waals surface area (Å²) in [4.78, 5) is 28.2. The maximum Gasteiger partial charge on any atom is 0.237 e. The molecule has 1 aromatic carbocycles. The molecule has 3 atom stereocenters. The number of nitrogens with zero attached hydrogens (tertiary/aromatic N) is 2. The van der Waals surface area contributed by atoms with Crippen molar-refractivity contribution < 1.29 is 14.3 Å². The van der Waals surface area contributed by atoms with Crippen LogP contribution in [-0.2, 0) is 19.7 Å². The van der Waals surface area contributed by atoms with Crippen molar-refractivity contribution in [2.45, 2.75) is 25.2 Å². The Bertz CT molecular complexity index is 765. The zero-order valence-corrected chi connectivity index (χ0v) is 15.3. The third kappa shape index (κ3) is 3.06. The Morgan fingerprint density at radius 3 is 2.69 bits per heavy atom. The average Bonchev–Trinajstić information content (AvgIpc) is 2.88. The fraction of sp³-hybridized carbons (Fsp3) is 0.476. The quantitative estimate of drug-likeness (QED) is 0.835. The van der Waals surface area contributed by atoms with Crippen molar-refractivity contribution in [3.05, 3.63) is 47.5 Å². The summed E-state index contributed by atoms with van der Waals surface area (Å²) in [5.41, 5.74) is -0.0264. The van der Waals surface area contributed by atoms with Gasteiger partial charge in [0.2, 0.25) is 5.91 Å². The van der Waals surface area contributed by atoms with Gasteiger partial charge in [-0.05, 0) is 30.4 Å². The van der Waals surface area contributed by atoms with Crippen LogP contribution < -0.4 is 0 Å². The predicted molar refractivity (Wildman–Crippen MR) is 97.2 cm³/mol. The molecule has 0 N–H and O–H groups in total. The number of likely N-dealkylation sites (tertiary alicyclic amines) is 1. The molecular formula is C21H24N2O3. The molecule has 1 fully saturated rings. The molecule has 2 bridgehead atoms. The van der Waals surface area contributed by atoms with Gasteiger partial charge in [0, 0.05) is 26.1 Å². The highest BCUT2D eigenvalue weighted by Gasteiger charge is 2.49. The fourth-order valence-corrected chi connectivity index (χ4v) is 4.20. The van der Waals surface area contributed by atoms with Gasteiger partial charge in [0.15, 0.2) is 5.78 Å². The van der Waals surface area contributed by atoms with Crippen LogP contribution >= 0.6 is 0 Å². The van der Waals surface area contributed by atoms with E-state index in [1.54, 1.807) is 13.2 Å². The van der Waals surface area contributed by atoms with Crippen LogP contribution in [0.2, 0.25) is 0 Å². The number of rotatable bonds is 4. The molecule has 5 heteroatoms. The van der Waals surface area contributed by atoms with Crippen molar-refractivity contribution in [3.63, 3.8) is 0 Å². The van der Waals surface area contributed by atoms with Gasteiger partial charge in [0.05, 0.1) is 17.6 Å². The highest BCUT2D eigenvalue weighted by atomic mass is 16.5. The molecule has 0 saturated carbocycles. The predicted octanol–water partition coefficient (Wildman–Crippen LogP) is 2.48. The summed E-state index contributed by atoms with van der Waals surface area (Å²) in [7, 11) is 1.62. The van der Waals surface area contributed by atoms with Crippen LogP contribution in [0, 0.1) is 23.2 Å². The molecule has 1 saturated heterocycles. The van der Waals surface area contributed by atoms with Gasteiger partial charge in [0.25, 0.3) is 0 Å². The monoisotopic (exact) mass is 352 g/mol. The summed E-state index contributed by atoms with van der Waals surface area (Å²) in [5.74, 6) is -0.394. The average molecular weight is 352 g/mol. The van der Waals surface area contributed by atoms with Crippen LogP contribution in [0.25, 0.3) is 0 Å². The normalized spacial score (nSPS) is 28.8. The van der Waals surface area contributed by atoms with E-state index in [1.165, 1.54) is 0 Å².